The predicted molar refractivity (Wildman–Crippen MR) is 147 cm³/mol. The van der Waals surface area contributed by atoms with Gasteiger partial charge in [-0.25, -0.2) is 15.0 Å². The number of hydrogen-bond donors (Lipinski definition) is 1. The van der Waals surface area contributed by atoms with Crippen LogP contribution in [-0.4, -0.2) is 55.1 Å². The lowest BCUT2D eigenvalue weighted by Gasteiger charge is -2.34. The van der Waals surface area contributed by atoms with Crippen molar-refractivity contribution in [2.24, 2.45) is 0 Å². The number of fused-ring (bicyclic) bond motifs is 1. The van der Waals surface area contributed by atoms with Crippen molar-refractivity contribution < 1.29 is 4.74 Å². The fraction of sp³-hybridized carbons (Fsp3) is 0.393. The van der Waals surface area contributed by atoms with Gasteiger partial charge in [-0.3, -0.25) is 14.9 Å². The Bertz CT molecular complexity index is 1390. The summed E-state index contributed by atoms with van der Waals surface area (Å²) >= 11 is 6.42. The minimum absolute atomic E-state index is 0.0234. The molecule has 4 aromatic heterocycles. The summed E-state index contributed by atoms with van der Waals surface area (Å²) in [7, 11) is 0. The predicted octanol–water partition coefficient (Wildman–Crippen LogP) is 5.79. The molecule has 0 aromatic carbocycles. The Kier molecular flexibility index (Phi) is 7.07. The molecule has 0 unspecified atom stereocenters. The van der Waals surface area contributed by atoms with Gasteiger partial charge in [-0.1, -0.05) is 32.4 Å². The zero-order valence-electron chi connectivity index (χ0n) is 21.9. The second kappa shape index (κ2) is 10.3. The van der Waals surface area contributed by atoms with E-state index in [1.807, 2.05) is 36.5 Å². The van der Waals surface area contributed by atoms with Crippen LogP contribution in [0.5, 0.6) is 0 Å². The summed E-state index contributed by atoms with van der Waals surface area (Å²) in [5.41, 5.74) is 4.71. The quantitative estimate of drug-likeness (QED) is 0.356. The molecule has 5 heterocycles. The number of nitrogens with zero attached hydrogens (tertiary/aromatic N) is 6. The minimum atomic E-state index is -0.0234. The molecule has 2 atom stereocenters. The van der Waals surface area contributed by atoms with Crippen molar-refractivity contribution >= 4 is 34.1 Å². The molecule has 37 heavy (non-hydrogen) atoms. The molecule has 5 rings (SSSR count). The molecule has 0 aliphatic carbocycles. The minimum Gasteiger partial charge on any atom is -0.373 e. The Hall–Kier alpha value is -3.20. The standard InChI is InChI=1S/C28H32ClN7O/c1-17-14-36(15-18(2)37-17)16-24-34-22-11-19(25-21(29)7-6-10-30-25)12-32-26(22)27(35-24)33-20-8-9-23(31-13-20)28(3,4)5/h6-13,17-18H,14-16H2,1-5H3,(H,33,34,35)/t17-,18+. The molecule has 1 saturated heterocycles. The highest BCUT2D eigenvalue weighted by Crippen LogP contribution is 2.30. The summed E-state index contributed by atoms with van der Waals surface area (Å²) < 4.78 is 5.91. The van der Waals surface area contributed by atoms with Crippen molar-refractivity contribution in [2.45, 2.75) is 58.8 Å². The molecule has 0 bridgehead atoms. The fourth-order valence-corrected chi connectivity index (χ4v) is 4.84. The van der Waals surface area contributed by atoms with E-state index >= 15 is 0 Å². The first kappa shape index (κ1) is 25.4. The summed E-state index contributed by atoms with van der Waals surface area (Å²) in [6, 6.07) is 9.66. The molecule has 1 fully saturated rings. The van der Waals surface area contributed by atoms with Crippen molar-refractivity contribution in [1.29, 1.82) is 0 Å². The molecule has 9 heteroatoms. The average molecular weight is 518 g/mol. The van der Waals surface area contributed by atoms with E-state index in [-0.39, 0.29) is 17.6 Å². The second-order valence-corrected chi connectivity index (χ2v) is 11.1. The van der Waals surface area contributed by atoms with Gasteiger partial charge in [0.1, 0.15) is 11.3 Å². The molecule has 1 N–H and O–H groups in total. The molecule has 1 aliphatic heterocycles. The van der Waals surface area contributed by atoms with Crippen LogP contribution in [0.4, 0.5) is 11.5 Å². The van der Waals surface area contributed by atoms with Crippen LogP contribution >= 0.6 is 11.6 Å². The van der Waals surface area contributed by atoms with Crippen molar-refractivity contribution in [2.75, 3.05) is 18.4 Å². The summed E-state index contributed by atoms with van der Waals surface area (Å²) in [5, 5.41) is 4.00. The van der Waals surface area contributed by atoms with Crippen molar-refractivity contribution in [3.05, 3.63) is 65.5 Å². The number of hydrogen-bond acceptors (Lipinski definition) is 8. The lowest BCUT2D eigenvalue weighted by Crippen LogP contribution is -2.45. The highest BCUT2D eigenvalue weighted by Gasteiger charge is 2.24. The summed E-state index contributed by atoms with van der Waals surface area (Å²) in [5.74, 6) is 1.35. The Morgan fingerprint density at radius 2 is 1.81 bits per heavy atom. The van der Waals surface area contributed by atoms with Gasteiger partial charge in [0, 0.05) is 42.2 Å². The number of morpholine rings is 1. The van der Waals surface area contributed by atoms with Crippen molar-refractivity contribution in [1.82, 2.24) is 29.8 Å². The van der Waals surface area contributed by atoms with Gasteiger partial charge in [-0.15, -0.1) is 0 Å². The zero-order chi connectivity index (χ0) is 26.2. The van der Waals surface area contributed by atoms with E-state index < -0.39 is 0 Å². The topological polar surface area (TPSA) is 89.0 Å². The van der Waals surface area contributed by atoms with E-state index in [2.05, 4.69) is 54.8 Å². The lowest BCUT2D eigenvalue weighted by atomic mass is 9.92. The highest BCUT2D eigenvalue weighted by molar-refractivity contribution is 6.33. The summed E-state index contributed by atoms with van der Waals surface area (Å²) in [4.78, 5) is 25.9. The molecule has 8 nitrogen and oxygen atoms in total. The van der Waals surface area contributed by atoms with Crippen LogP contribution in [0.1, 0.15) is 46.1 Å². The number of halogens is 1. The van der Waals surface area contributed by atoms with Gasteiger partial charge in [-0.05, 0) is 44.2 Å². The van der Waals surface area contributed by atoms with Gasteiger partial charge in [0.2, 0.25) is 0 Å². The largest absolute Gasteiger partial charge is 0.373 e. The number of rotatable bonds is 5. The first-order valence-electron chi connectivity index (χ1n) is 12.5. The van der Waals surface area contributed by atoms with Crippen LogP contribution in [0.2, 0.25) is 5.02 Å². The first-order valence-corrected chi connectivity index (χ1v) is 12.9. The van der Waals surface area contributed by atoms with Crippen molar-refractivity contribution in [3.8, 4) is 11.3 Å². The maximum Gasteiger partial charge on any atom is 0.160 e. The fourth-order valence-electron chi connectivity index (χ4n) is 4.61. The molecule has 4 aromatic rings. The maximum absolute atomic E-state index is 6.42. The Morgan fingerprint density at radius 3 is 2.49 bits per heavy atom. The van der Waals surface area contributed by atoms with Crippen LogP contribution in [0.3, 0.4) is 0 Å². The Labute approximate surface area is 222 Å². The van der Waals surface area contributed by atoms with E-state index in [0.29, 0.717) is 34.4 Å². The van der Waals surface area contributed by atoms with Crippen molar-refractivity contribution in [3.63, 3.8) is 0 Å². The SMILES string of the molecule is C[C@@H]1CN(Cc2nc(Nc3ccc(C(C)(C)C)nc3)c3ncc(-c4ncccc4Cl)cc3n2)C[C@H](C)O1. The molecule has 0 radical (unpaired) electrons. The lowest BCUT2D eigenvalue weighted by molar-refractivity contribution is -0.0710. The maximum atomic E-state index is 6.42. The van der Waals surface area contributed by atoms with Gasteiger partial charge in [-0.2, -0.15) is 0 Å². The second-order valence-electron chi connectivity index (χ2n) is 10.7. The van der Waals surface area contributed by atoms with Crippen LogP contribution in [0, 0.1) is 0 Å². The number of ether oxygens (including phenoxy) is 1. The third-order valence-corrected chi connectivity index (χ3v) is 6.57. The average Bonchev–Trinajstić information content (AvgIpc) is 2.83. The summed E-state index contributed by atoms with van der Waals surface area (Å²) in [6.07, 6.45) is 5.64. The van der Waals surface area contributed by atoms with Gasteiger partial charge < -0.3 is 10.1 Å². The van der Waals surface area contributed by atoms with Gasteiger partial charge in [0.25, 0.3) is 0 Å². The van der Waals surface area contributed by atoms with Crippen LogP contribution in [0.25, 0.3) is 22.3 Å². The zero-order valence-corrected chi connectivity index (χ0v) is 22.6. The Morgan fingerprint density at radius 1 is 1.03 bits per heavy atom. The Balaban J connectivity index is 1.54. The number of anilines is 2. The van der Waals surface area contributed by atoms with E-state index in [4.69, 9.17) is 31.3 Å². The van der Waals surface area contributed by atoms with Gasteiger partial charge in [0.05, 0.1) is 46.9 Å². The number of pyridine rings is 3. The molecular formula is C28H32ClN7O. The normalized spacial score (nSPS) is 18.8. The van der Waals surface area contributed by atoms with Gasteiger partial charge >= 0.3 is 0 Å². The third kappa shape index (κ3) is 5.87. The third-order valence-electron chi connectivity index (χ3n) is 6.27. The van der Waals surface area contributed by atoms with E-state index in [1.165, 1.54) is 0 Å². The van der Waals surface area contributed by atoms with Gasteiger partial charge in [0.15, 0.2) is 5.82 Å². The molecule has 0 amide bonds. The van der Waals surface area contributed by atoms with Crippen LogP contribution < -0.4 is 5.32 Å². The molecule has 192 valence electrons. The van der Waals surface area contributed by atoms with E-state index in [1.54, 1.807) is 12.4 Å². The smallest absolute Gasteiger partial charge is 0.160 e. The van der Waals surface area contributed by atoms with E-state index in [0.717, 1.165) is 35.6 Å². The summed E-state index contributed by atoms with van der Waals surface area (Å²) in [6.45, 7) is 12.9. The molecular weight excluding hydrogens is 486 g/mol. The monoisotopic (exact) mass is 517 g/mol. The first-order chi connectivity index (χ1) is 17.7. The number of aromatic nitrogens is 5. The molecule has 1 aliphatic rings. The highest BCUT2D eigenvalue weighted by atomic mass is 35.5. The van der Waals surface area contributed by atoms with Crippen LogP contribution in [0.15, 0.2) is 48.9 Å². The molecule has 0 spiro atoms. The van der Waals surface area contributed by atoms with E-state index in [9.17, 15) is 0 Å². The number of nitrogens with one attached hydrogen (secondary N) is 1. The van der Waals surface area contributed by atoms with Crippen LogP contribution in [-0.2, 0) is 16.7 Å². The molecule has 0 saturated carbocycles.